The van der Waals surface area contributed by atoms with Gasteiger partial charge in [0.25, 0.3) is 0 Å². The number of aryl methyl sites for hydroxylation is 1. The molecule has 2 aliphatic rings. The highest BCUT2D eigenvalue weighted by atomic mass is 14.9. The lowest BCUT2D eigenvalue weighted by Crippen LogP contribution is -2.09. The first-order valence-electron chi connectivity index (χ1n) is 6.21. The molecular formula is C16H17N. The Morgan fingerprint density at radius 2 is 2.06 bits per heavy atom. The number of allylic oxidation sites excluding steroid dienone is 2. The second kappa shape index (κ2) is 3.69. The third kappa shape index (κ3) is 1.76. The Morgan fingerprint density at radius 1 is 1.29 bits per heavy atom. The van der Waals surface area contributed by atoms with Gasteiger partial charge in [0.1, 0.15) is 0 Å². The maximum atomic E-state index is 4.83. The van der Waals surface area contributed by atoms with Crippen molar-refractivity contribution >= 4 is 5.71 Å². The quantitative estimate of drug-likeness (QED) is 0.678. The minimum absolute atomic E-state index is 0.253. The number of dihydropyridines is 1. The first kappa shape index (κ1) is 10.5. The zero-order chi connectivity index (χ0) is 11.9. The van der Waals surface area contributed by atoms with Gasteiger partial charge in [-0.15, -0.1) is 0 Å². The van der Waals surface area contributed by atoms with Crippen molar-refractivity contribution in [3.05, 3.63) is 59.7 Å². The van der Waals surface area contributed by atoms with Crippen molar-refractivity contribution in [1.82, 2.24) is 0 Å². The van der Waals surface area contributed by atoms with Gasteiger partial charge in [0.05, 0.1) is 11.8 Å². The van der Waals surface area contributed by atoms with E-state index in [0.717, 1.165) is 5.71 Å². The van der Waals surface area contributed by atoms with E-state index in [-0.39, 0.29) is 5.41 Å². The van der Waals surface area contributed by atoms with Gasteiger partial charge in [-0.1, -0.05) is 48.1 Å². The third-order valence-electron chi connectivity index (χ3n) is 3.68. The molecule has 1 saturated carbocycles. The highest BCUT2D eigenvalue weighted by Gasteiger charge is 2.51. The highest BCUT2D eigenvalue weighted by molar-refractivity contribution is 6.09. The number of aliphatic imine (C=N–C) groups is 1. The molecule has 1 nitrogen and oxygen atoms in total. The van der Waals surface area contributed by atoms with Crippen molar-refractivity contribution in [2.45, 2.75) is 26.3 Å². The lowest BCUT2D eigenvalue weighted by molar-refractivity contribution is 0.786. The van der Waals surface area contributed by atoms with Gasteiger partial charge in [0.2, 0.25) is 0 Å². The zero-order valence-electron chi connectivity index (χ0n) is 10.4. The Kier molecular flexibility index (Phi) is 2.29. The van der Waals surface area contributed by atoms with Gasteiger partial charge < -0.3 is 0 Å². The molecule has 0 radical (unpaired) electrons. The van der Waals surface area contributed by atoms with E-state index in [1.54, 1.807) is 0 Å². The van der Waals surface area contributed by atoms with E-state index in [0.29, 0.717) is 6.04 Å². The SMILES string of the molecule is C/C=C/C12C=CC(c3ccc(C)cc3)=NC1C2. The average Bonchev–Trinajstić information content (AvgIpc) is 3.03. The molecule has 0 spiro atoms. The molecule has 1 aliphatic carbocycles. The summed E-state index contributed by atoms with van der Waals surface area (Å²) < 4.78 is 0. The lowest BCUT2D eigenvalue weighted by Gasteiger charge is -2.12. The molecule has 1 aliphatic heterocycles. The van der Waals surface area contributed by atoms with Crippen LogP contribution < -0.4 is 0 Å². The second-order valence-electron chi connectivity index (χ2n) is 5.05. The number of hydrogen-bond acceptors (Lipinski definition) is 1. The van der Waals surface area contributed by atoms with Crippen LogP contribution in [-0.4, -0.2) is 11.8 Å². The van der Waals surface area contributed by atoms with Crippen LogP contribution in [0.25, 0.3) is 0 Å². The van der Waals surface area contributed by atoms with Gasteiger partial charge in [0.15, 0.2) is 0 Å². The highest BCUT2D eigenvalue weighted by Crippen LogP contribution is 2.53. The largest absolute Gasteiger partial charge is 0.280 e. The molecule has 3 rings (SSSR count). The minimum Gasteiger partial charge on any atom is -0.280 e. The molecule has 0 bridgehead atoms. The zero-order valence-corrected chi connectivity index (χ0v) is 10.4. The predicted molar refractivity (Wildman–Crippen MR) is 72.5 cm³/mol. The molecule has 0 aromatic heterocycles. The summed E-state index contributed by atoms with van der Waals surface area (Å²) in [5, 5.41) is 0. The first-order valence-corrected chi connectivity index (χ1v) is 6.21. The Morgan fingerprint density at radius 3 is 2.71 bits per heavy atom. The summed E-state index contributed by atoms with van der Waals surface area (Å²) in [6.07, 6.45) is 10.1. The maximum Gasteiger partial charge on any atom is 0.0647 e. The van der Waals surface area contributed by atoms with E-state index < -0.39 is 0 Å². The van der Waals surface area contributed by atoms with Crippen molar-refractivity contribution < 1.29 is 0 Å². The number of hydrogen-bond donors (Lipinski definition) is 0. The molecule has 86 valence electrons. The summed E-state index contributed by atoms with van der Waals surface area (Å²) in [4.78, 5) is 4.83. The molecule has 0 saturated heterocycles. The minimum atomic E-state index is 0.253. The summed E-state index contributed by atoms with van der Waals surface area (Å²) in [6, 6.07) is 9.08. The lowest BCUT2D eigenvalue weighted by atomic mass is 9.99. The average molecular weight is 223 g/mol. The third-order valence-corrected chi connectivity index (χ3v) is 3.68. The summed E-state index contributed by atoms with van der Waals surface area (Å²) in [6.45, 7) is 4.19. The molecule has 2 atom stereocenters. The molecule has 1 heteroatoms. The molecule has 17 heavy (non-hydrogen) atoms. The molecule has 2 unspecified atom stereocenters. The van der Waals surface area contributed by atoms with Crippen molar-refractivity contribution in [3.8, 4) is 0 Å². The number of nitrogens with zero attached hydrogens (tertiary/aromatic N) is 1. The fraction of sp³-hybridized carbons (Fsp3) is 0.312. The molecule has 0 N–H and O–H groups in total. The van der Waals surface area contributed by atoms with Crippen LogP contribution in [-0.2, 0) is 0 Å². The Hall–Kier alpha value is -1.63. The Bertz CT molecular complexity index is 519. The predicted octanol–water partition coefficient (Wildman–Crippen LogP) is 3.69. The van der Waals surface area contributed by atoms with Crippen LogP contribution >= 0.6 is 0 Å². The van der Waals surface area contributed by atoms with E-state index in [4.69, 9.17) is 4.99 Å². The van der Waals surface area contributed by atoms with Gasteiger partial charge in [-0.3, -0.25) is 4.99 Å². The van der Waals surface area contributed by atoms with Gasteiger partial charge in [-0.25, -0.2) is 0 Å². The number of rotatable bonds is 2. The monoisotopic (exact) mass is 223 g/mol. The fourth-order valence-electron chi connectivity index (χ4n) is 2.51. The van der Waals surface area contributed by atoms with Crippen LogP contribution in [0, 0.1) is 12.3 Å². The van der Waals surface area contributed by atoms with Crippen molar-refractivity contribution in [2.75, 3.05) is 0 Å². The molecule has 1 aromatic rings. The van der Waals surface area contributed by atoms with Crippen LogP contribution in [0.15, 0.2) is 53.6 Å². The number of benzene rings is 1. The van der Waals surface area contributed by atoms with Crippen molar-refractivity contribution in [1.29, 1.82) is 0 Å². The van der Waals surface area contributed by atoms with E-state index in [1.165, 1.54) is 17.5 Å². The fourth-order valence-corrected chi connectivity index (χ4v) is 2.51. The van der Waals surface area contributed by atoms with E-state index in [2.05, 4.69) is 62.4 Å². The molecular weight excluding hydrogens is 206 g/mol. The van der Waals surface area contributed by atoms with Crippen molar-refractivity contribution in [3.63, 3.8) is 0 Å². The Labute approximate surface area is 103 Å². The topological polar surface area (TPSA) is 12.4 Å². The van der Waals surface area contributed by atoms with Crippen LogP contribution in [0.5, 0.6) is 0 Å². The molecule has 1 aromatic carbocycles. The van der Waals surface area contributed by atoms with Crippen LogP contribution in [0.4, 0.5) is 0 Å². The van der Waals surface area contributed by atoms with Crippen LogP contribution in [0.2, 0.25) is 0 Å². The van der Waals surface area contributed by atoms with Gasteiger partial charge in [-0.05, 0) is 31.9 Å². The standard InChI is InChI=1S/C16H17N/c1-3-9-16-10-8-14(17-15(16)11-16)13-6-4-12(2)5-7-13/h3-10,15H,11H2,1-2H3/b9-3+. The summed E-state index contributed by atoms with van der Waals surface area (Å²) in [5.74, 6) is 0. The number of fused-ring (bicyclic) bond motifs is 1. The summed E-state index contributed by atoms with van der Waals surface area (Å²) in [5.41, 5.74) is 3.91. The van der Waals surface area contributed by atoms with E-state index >= 15 is 0 Å². The summed E-state index contributed by atoms with van der Waals surface area (Å²) in [7, 11) is 0. The van der Waals surface area contributed by atoms with Gasteiger partial charge >= 0.3 is 0 Å². The summed E-state index contributed by atoms with van der Waals surface area (Å²) >= 11 is 0. The maximum absolute atomic E-state index is 4.83. The van der Waals surface area contributed by atoms with Crippen LogP contribution in [0.1, 0.15) is 24.5 Å². The van der Waals surface area contributed by atoms with Crippen molar-refractivity contribution in [2.24, 2.45) is 10.4 Å². The Balaban J connectivity index is 1.87. The van der Waals surface area contributed by atoms with Crippen LogP contribution in [0.3, 0.4) is 0 Å². The normalized spacial score (nSPS) is 30.2. The van der Waals surface area contributed by atoms with Gasteiger partial charge in [-0.2, -0.15) is 0 Å². The molecule has 1 heterocycles. The van der Waals surface area contributed by atoms with Gasteiger partial charge in [0, 0.05) is 5.41 Å². The second-order valence-corrected chi connectivity index (χ2v) is 5.05. The smallest absolute Gasteiger partial charge is 0.0647 e. The first-order chi connectivity index (χ1) is 8.23. The van der Waals surface area contributed by atoms with E-state index in [9.17, 15) is 0 Å². The molecule has 1 fully saturated rings. The molecule has 0 amide bonds. The van der Waals surface area contributed by atoms with E-state index in [1.807, 2.05) is 0 Å².